The van der Waals surface area contributed by atoms with E-state index in [1.54, 1.807) is 4.90 Å². The second kappa shape index (κ2) is 9.77. The van der Waals surface area contributed by atoms with Crippen molar-refractivity contribution in [2.45, 2.75) is 12.6 Å². The fourth-order valence-corrected chi connectivity index (χ4v) is 5.32. The highest BCUT2D eigenvalue weighted by molar-refractivity contribution is 5.79. The maximum atomic E-state index is 5.89. The summed E-state index contributed by atoms with van der Waals surface area (Å²) in [6, 6.07) is 36.7. The van der Waals surface area contributed by atoms with Crippen molar-refractivity contribution in [2.75, 3.05) is 26.2 Å². The molecule has 1 aliphatic heterocycles. The molecule has 1 fully saturated rings. The van der Waals surface area contributed by atoms with Crippen molar-refractivity contribution in [3.8, 4) is 16.9 Å². The second-order valence-corrected chi connectivity index (χ2v) is 9.31. The fraction of sp³-hybridized carbons (Fsp3) is 0.194. The molecule has 4 aromatic rings. The average Bonchev–Trinajstić information content (AvgIpc) is 3.27. The van der Waals surface area contributed by atoms with Gasteiger partial charge in [-0.1, -0.05) is 78.9 Å². The predicted octanol–water partition coefficient (Wildman–Crippen LogP) is 4.57. The summed E-state index contributed by atoms with van der Waals surface area (Å²) in [6.45, 7) is 4.67. The van der Waals surface area contributed by atoms with E-state index in [1.165, 1.54) is 27.8 Å². The molecule has 6 rings (SSSR count). The first kappa shape index (κ1) is 21.6. The standard InChI is InChI=1S/C31H29N3O/c1-2-8-25(9-3-1)23-35-26-16-14-24(15-17-26)22-32-34-20-18-33(19-21-34)31-29-12-6-4-10-27(29)28-11-5-7-13-30(28)31/h1-17,22,31H,18-21,23H2/p+1/b32-22-. The van der Waals surface area contributed by atoms with E-state index in [2.05, 4.69) is 77.8 Å². The lowest BCUT2D eigenvalue weighted by Gasteiger charge is -2.34. The zero-order valence-corrected chi connectivity index (χ0v) is 19.8. The first-order chi connectivity index (χ1) is 17.3. The van der Waals surface area contributed by atoms with Gasteiger partial charge in [0.05, 0.1) is 32.4 Å². The molecule has 0 amide bonds. The molecule has 0 spiro atoms. The van der Waals surface area contributed by atoms with Gasteiger partial charge in [-0.3, -0.25) is 5.01 Å². The number of fused-ring (bicyclic) bond motifs is 3. The van der Waals surface area contributed by atoms with Crippen LogP contribution in [-0.2, 0) is 6.61 Å². The van der Waals surface area contributed by atoms with Crippen LogP contribution in [0.25, 0.3) is 11.1 Å². The van der Waals surface area contributed by atoms with E-state index < -0.39 is 0 Å². The third-order valence-corrected chi connectivity index (χ3v) is 7.12. The number of nitrogens with one attached hydrogen (secondary N) is 1. The van der Waals surface area contributed by atoms with Crippen molar-refractivity contribution in [1.29, 1.82) is 0 Å². The highest BCUT2D eigenvalue weighted by Crippen LogP contribution is 2.41. The van der Waals surface area contributed by atoms with Gasteiger partial charge in [-0.25, -0.2) is 0 Å². The molecule has 0 radical (unpaired) electrons. The number of quaternary nitrogens is 1. The van der Waals surface area contributed by atoms with Crippen LogP contribution in [0.2, 0.25) is 0 Å². The monoisotopic (exact) mass is 460 g/mol. The topological polar surface area (TPSA) is 29.3 Å². The van der Waals surface area contributed by atoms with E-state index in [0.29, 0.717) is 12.6 Å². The van der Waals surface area contributed by atoms with Crippen molar-refractivity contribution < 1.29 is 9.64 Å². The Balaban J connectivity index is 1.06. The molecule has 1 N–H and O–H groups in total. The molecule has 0 aromatic heterocycles. The normalized spacial score (nSPS) is 15.8. The first-order valence-electron chi connectivity index (χ1n) is 12.4. The molecular weight excluding hydrogens is 430 g/mol. The minimum Gasteiger partial charge on any atom is -0.489 e. The van der Waals surface area contributed by atoms with Crippen molar-refractivity contribution in [3.63, 3.8) is 0 Å². The van der Waals surface area contributed by atoms with Gasteiger partial charge in [-0.15, -0.1) is 0 Å². The average molecular weight is 461 g/mol. The van der Waals surface area contributed by atoms with Gasteiger partial charge >= 0.3 is 0 Å². The van der Waals surface area contributed by atoms with E-state index in [9.17, 15) is 0 Å². The van der Waals surface area contributed by atoms with Gasteiger partial charge in [-0.2, -0.15) is 5.10 Å². The minimum atomic E-state index is 0.428. The fourth-order valence-electron chi connectivity index (χ4n) is 5.32. The Morgan fingerprint density at radius 2 is 1.34 bits per heavy atom. The number of hydrazone groups is 1. The summed E-state index contributed by atoms with van der Waals surface area (Å²) in [5.41, 5.74) is 7.99. The number of hydrogen-bond acceptors (Lipinski definition) is 3. The molecule has 0 saturated carbocycles. The van der Waals surface area contributed by atoms with Crippen molar-refractivity contribution in [1.82, 2.24) is 5.01 Å². The lowest BCUT2D eigenvalue weighted by atomic mass is 10.0. The Kier molecular flexibility index (Phi) is 6.04. The van der Waals surface area contributed by atoms with Crippen LogP contribution in [0.15, 0.2) is 108 Å². The molecule has 0 atom stereocenters. The third-order valence-electron chi connectivity index (χ3n) is 7.12. The first-order valence-corrected chi connectivity index (χ1v) is 12.4. The molecule has 4 nitrogen and oxygen atoms in total. The largest absolute Gasteiger partial charge is 0.489 e. The summed E-state index contributed by atoms with van der Waals surface area (Å²) < 4.78 is 5.89. The predicted molar refractivity (Wildman–Crippen MR) is 141 cm³/mol. The van der Waals surface area contributed by atoms with Gasteiger partial charge in [0, 0.05) is 11.1 Å². The molecule has 174 valence electrons. The second-order valence-electron chi connectivity index (χ2n) is 9.31. The summed E-state index contributed by atoms with van der Waals surface area (Å²) in [6.07, 6.45) is 1.96. The van der Waals surface area contributed by atoms with Crippen molar-refractivity contribution in [3.05, 3.63) is 125 Å². The molecule has 1 aliphatic carbocycles. The lowest BCUT2D eigenvalue weighted by Crippen LogP contribution is -3.14. The zero-order chi connectivity index (χ0) is 23.5. The van der Waals surface area contributed by atoms with Gasteiger partial charge in [0.2, 0.25) is 0 Å². The molecule has 0 bridgehead atoms. The Morgan fingerprint density at radius 1 is 0.743 bits per heavy atom. The Bertz CT molecular complexity index is 1260. The van der Waals surface area contributed by atoms with E-state index in [0.717, 1.165) is 37.5 Å². The van der Waals surface area contributed by atoms with Crippen LogP contribution in [0.5, 0.6) is 5.75 Å². The van der Waals surface area contributed by atoms with Crippen molar-refractivity contribution >= 4 is 6.21 Å². The molecule has 35 heavy (non-hydrogen) atoms. The Morgan fingerprint density at radius 3 is 2.00 bits per heavy atom. The van der Waals surface area contributed by atoms with Gasteiger partial charge in [-0.05, 0) is 46.5 Å². The van der Waals surface area contributed by atoms with Gasteiger partial charge < -0.3 is 9.64 Å². The highest BCUT2D eigenvalue weighted by atomic mass is 16.5. The van der Waals surface area contributed by atoms with Gasteiger partial charge in [0.25, 0.3) is 0 Å². The SMILES string of the molecule is C(=N/N1CC[NH+](C2c3ccccc3-c3ccccc32)CC1)/c1ccc(OCc2ccccc2)cc1. The summed E-state index contributed by atoms with van der Waals surface area (Å²) in [7, 11) is 0. The quantitative estimate of drug-likeness (QED) is 0.427. The Labute approximate surface area is 207 Å². The number of piperazine rings is 1. The van der Waals surface area contributed by atoms with Crippen LogP contribution < -0.4 is 9.64 Å². The van der Waals surface area contributed by atoms with E-state index >= 15 is 0 Å². The van der Waals surface area contributed by atoms with Gasteiger partial charge in [0.1, 0.15) is 18.4 Å². The molecule has 4 heteroatoms. The smallest absolute Gasteiger partial charge is 0.140 e. The Hall–Kier alpha value is -3.89. The van der Waals surface area contributed by atoms with Crippen LogP contribution in [0.1, 0.15) is 28.3 Å². The molecule has 2 aliphatic rings. The number of benzene rings is 4. The summed E-state index contributed by atoms with van der Waals surface area (Å²) >= 11 is 0. The van der Waals surface area contributed by atoms with Crippen LogP contribution >= 0.6 is 0 Å². The van der Waals surface area contributed by atoms with Crippen LogP contribution in [0.3, 0.4) is 0 Å². The molecule has 4 aromatic carbocycles. The number of hydrogen-bond donors (Lipinski definition) is 1. The summed E-state index contributed by atoms with van der Waals surface area (Å²) in [5.74, 6) is 0.875. The molecular formula is C31H30N3O+. The minimum absolute atomic E-state index is 0.428. The van der Waals surface area contributed by atoms with Crippen LogP contribution in [0.4, 0.5) is 0 Å². The van der Waals surface area contributed by atoms with E-state index in [1.807, 2.05) is 36.5 Å². The number of nitrogens with zero attached hydrogens (tertiary/aromatic N) is 2. The summed E-state index contributed by atoms with van der Waals surface area (Å²) in [4.78, 5) is 1.63. The maximum absolute atomic E-state index is 5.89. The third kappa shape index (κ3) is 4.58. The maximum Gasteiger partial charge on any atom is 0.140 e. The summed E-state index contributed by atoms with van der Waals surface area (Å²) in [5, 5.41) is 6.98. The molecule has 1 saturated heterocycles. The van der Waals surface area contributed by atoms with Crippen LogP contribution in [0, 0.1) is 0 Å². The molecule has 1 heterocycles. The molecule has 0 unspecified atom stereocenters. The van der Waals surface area contributed by atoms with Crippen molar-refractivity contribution in [2.24, 2.45) is 5.10 Å². The van der Waals surface area contributed by atoms with Crippen LogP contribution in [-0.4, -0.2) is 37.4 Å². The highest BCUT2D eigenvalue weighted by Gasteiger charge is 2.37. The number of rotatable bonds is 6. The van der Waals surface area contributed by atoms with E-state index in [4.69, 9.17) is 9.84 Å². The number of ether oxygens (including phenoxy) is 1. The zero-order valence-electron chi connectivity index (χ0n) is 19.8. The lowest BCUT2D eigenvalue weighted by molar-refractivity contribution is -0.929. The van der Waals surface area contributed by atoms with E-state index in [-0.39, 0.29) is 0 Å². The van der Waals surface area contributed by atoms with Gasteiger partial charge in [0.15, 0.2) is 0 Å².